The SMILES string of the molecule is CCc1nc2ccccc2n1C[C@@H](C)C(=O)N1CCC[C@@H](CN(C)C)C1. The van der Waals surface area contributed by atoms with Crippen molar-refractivity contribution < 1.29 is 4.79 Å². The number of hydrogen-bond donors (Lipinski definition) is 0. The molecule has 2 heterocycles. The molecule has 5 heteroatoms. The van der Waals surface area contributed by atoms with Gasteiger partial charge in [0.1, 0.15) is 5.82 Å². The highest BCUT2D eigenvalue weighted by Gasteiger charge is 2.27. The van der Waals surface area contributed by atoms with E-state index in [4.69, 9.17) is 4.98 Å². The van der Waals surface area contributed by atoms with Crippen LogP contribution in [0.1, 0.15) is 32.5 Å². The molecule has 1 aliphatic rings. The molecule has 0 N–H and O–H groups in total. The van der Waals surface area contributed by atoms with Crippen LogP contribution >= 0.6 is 0 Å². The molecule has 0 aliphatic carbocycles. The summed E-state index contributed by atoms with van der Waals surface area (Å²) in [4.78, 5) is 22.1. The Bertz CT molecular complexity index is 752. The zero-order chi connectivity index (χ0) is 18.7. The molecule has 1 aliphatic heterocycles. The number of rotatable bonds is 6. The van der Waals surface area contributed by atoms with Crippen molar-refractivity contribution in [3.8, 4) is 0 Å². The lowest BCUT2D eigenvalue weighted by Gasteiger charge is -2.35. The number of carbonyl (C=O) groups excluding carboxylic acids is 1. The molecule has 0 radical (unpaired) electrons. The quantitative estimate of drug-likeness (QED) is 0.799. The number of piperidine rings is 1. The Hall–Kier alpha value is -1.88. The van der Waals surface area contributed by atoms with Crippen LogP contribution in [0.2, 0.25) is 0 Å². The van der Waals surface area contributed by atoms with Gasteiger partial charge in [-0.1, -0.05) is 26.0 Å². The van der Waals surface area contributed by atoms with Crippen LogP contribution in [0.25, 0.3) is 11.0 Å². The first-order valence-electron chi connectivity index (χ1n) is 9.87. The van der Waals surface area contributed by atoms with E-state index >= 15 is 0 Å². The van der Waals surface area contributed by atoms with Crippen molar-refractivity contribution in [1.82, 2.24) is 19.4 Å². The summed E-state index contributed by atoms with van der Waals surface area (Å²) >= 11 is 0. The molecule has 0 unspecified atom stereocenters. The maximum atomic E-state index is 13.1. The Labute approximate surface area is 157 Å². The molecule has 2 atom stereocenters. The molecule has 3 rings (SSSR count). The van der Waals surface area contributed by atoms with Gasteiger partial charge in [0.15, 0.2) is 0 Å². The third-order valence-electron chi connectivity index (χ3n) is 5.38. The average molecular weight is 357 g/mol. The number of aromatic nitrogens is 2. The molecule has 0 spiro atoms. The summed E-state index contributed by atoms with van der Waals surface area (Å²) in [5, 5.41) is 0. The number of nitrogens with zero attached hydrogens (tertiary/aromatic N) is 4. The normalized spacial score (nSPS) is 19.3. The lowest BCUT2D eigenvalue weighted by atomic mass is 9.96. The van der Waals surface area contributed by atoms with Crippen LogP contribution in [-0.4, -0.2) is 59.0 Å². The van der Waals surface area contributed by atoms with Crippen LogP contribution in [0.4, 0.5) is 0 Å². The van der Waals surface area contributed by atoms with Gasteiger partial charge in [-0.25, -0.2) is 4.98 Å². The molecule has 0 bridgehead atoms. The van der Waals surface area contributed by atoms with E-state index in [0.29, 0.717) is 12.5 Å². The summed E-state index contributed by atoms with van der Waals surface area (Å²) in [7, 11) is 4.22. The number of likely N-dealkylation sites (tertiary alicyclic amines) is 1. The Morgan fingerprint density at radius 1 is 1.35 bits per heavy atom. The molecule has 1 fully saturated rings. The van der Waals surface area contributed by atoms with E-state index < -0.39 is 0 Å². The zero-order valence-corrected chi connectivity index (χ0v) is 16.6. The molecule has 142 valence electrons. The van der Waals surface area contributed by atoms with Crippen molar-refractivity contribution in [3.63, 3.8) is 0 Å². The summed E-state index contributed by atoms with van der Waals surface area (Å²) in [6, 6.07) is 8.22. The topological polar surface area (TPSA) is 41.4 Å². The van der Waals surface area contributed by atoms with Crippen LogP contribution in [0, 0.1) is 11.8 Å². The largest absolute Gasteiger partial charge is 0.342 e. The van der Waals surface area contributed by atoms with Gasteiger partial charge in [-0.3, -0.25) is 4.79 Å². The lowest BCUT2D eigenvalue weighted by molar-refractivity contribution is -0.137. The molecule has 1 amide bonds. The maximum Gasteiger partial charge on any atom is 0.227 e. The average Bonchev–Trinajstić information content (AvgIpc) is 2.98. The van der Waals surface area contributed by atoms with E-state index in [-0.39, 0.29) is 11.8 Å². The number of carbonyl (C=O) groups is 1. The summed E-state index contributed by atoms with van der Waals surface area (Å²) in [6.45, 7) is 7.75. The van der Waals surface area contributed by atoms with Gasteiger partial charge in [0, 0.05) is 32.6 Å². The molecule has 5 nitrogen and oxygen atoms in total. The van der Waals surface area contributed by atoms with Gasteiger partial charge in [-0.05, 0) is 45.0 Å². The first kappa shape index (κ1) is 18.9. The van der Waals surface area contributed by atoms with Crippen molar-refractivity contribution in [2.45, 2.75) is 39.7 Å². The lowest BCUT2D eigenvalue weighted by Crippen LogP contribution is -2.45. The molecule has 1 saturated heterocycles. The maximum absolute atomic E-state index is 13.1. The standard InChI is InChI=1S/C21H32N4O/c1-5-20-22-18-10-6-7-11-19(18)25(20)13-16(2)21(26)24-12-8-9-17(15-24)14-23(3)4/h6-7,10-11,16-17H,5,8-9,12-15H2,1-4H3/t16-,17+/m1/s1. The fourth-order valence-electron chi connectivity index (χ4n) is 4.19. The van der Waals surface area contributed by atoms with Crippen molar-refractivity contribution in [3.05, 3.63) is 30.1 Å². The van der Waals surface area contributed by atoms with Crippen LogP contribution < -0.4 is 0 Å². The van der Waals surface area contributed by atoms with Crippen molar-refractivity contribution in [1.29, 1.82) is 0 Å². The van der Waals surface area contributed by atoms with Gasteiger partial charge in [-0.2, -0.15) is 0 Å². The molecular weight excluding hydrogens is 324 g/mol. The number of imidazole rings is 1. The summed E-state index contributed by atoms with van der Waals surface area (Å²) in [5.41, 5.74) is 2.15. The first-order valence-corrected chi connectivity index (χ1v) is 9.87. The third-order valence-corrected chi connectivity index (χ3v) is 5.38. The van der Waals surface area contributed by atoms with Gasteiger partial charge < -0.3 is 14.4 Å². The van der Waals surface area contributed by atoms with Gasteiger partial charge >= 0.3 is 0 Å². The Kier molecular flexibility index (Phi) is 5.97. The molecule has 2 aromatic rings. The minimum absolute atomic E-state index is 0.0315. The molecule has 1 aromatic carbocycles. The second-order valence-corrected chi connectivity index (χ2v) is 7.94. The van der Waals surface area contributed by atoms with Gasteiger partial charge in [0.25, 0.3) is 0 Å². The fourth-order valence-corrected chi connectivity index (χ4v) is 4.19. The molecule has 26 heavy (non-hydrogen) atoms. The van der Waals surface area contributed by atoms with Gasteiger partial charge in [-0.15, -0.1) is 0 Å². The second kappa shape index (κ2) is 8.21. The number of amides is 1. The fraction of sp³-hybridized carbons (Fsp3) is 0.619. The Morgan fingerprint density at radius 3 is 2.85 bits per heavy atom. The summed E-state index contributed by atoms with van der Waals surface area (Å²) in [5.74, 6) is 1.91. The zero-order valence-electron chi connectivity index (χ0n) is 16.6. The summed E-state index contributed by atoms with van der Waals surface area (Å²) < 4.78 is 2.24. The van der Waals surface area contributed by atoms with Crippen molar-refractivity contribution in [2.24, 2.45) is 11.8 Å². The predicted molar refractivity (Wildman–Crippen MR) is 106 cm³/mol. The molecule has 1 aromatic heterocycles. The van der Waals surface area contributed by atoms with Crippen LogP contribution in [0.5, 0.6) is 0 Å². The smallest absolute Gasteiger partial charge is 0.227 e. The molecule has 0 saturated carbocycles. The first-order chi connectivity index (χ1) is 12.5. The van der Waals surface area contributed by atoms with E-state index in [1.165, 1.54) is 6.42 Å². The van der Waals surface area contributed by atoms with E-state index in [9.17, 15) is 4.79 Å². The minimum atomic E-state index is -0.0315. The van der Waals surface area contributed by atoms with Crippen molar-refractivity contribution in [2.75, 3.05) is 33.7 Å². The van der Waals surface area contributed by atoms with Gasteiger partial charge in [0.05, 0.1) is 17.0 Å². The highest BCUT2D eigenvalue weighted by Crippen LogP contribution is 2.22. The van der Waals surface area contributed by atoms with Gasteiger partial charge in [0.2, 0.25) is 5.91 Å². The number of fused-ring (bicyclic) bond motifs is 1. The summed E-state index contributed by atoms with van der Waals surface area (Å²) in [6.07, 6.45) is 3.22. The van der Waals surface area contributed by atoms with Crippen LogP contribution in [0.15, 0.2) is 24.3 Å². The second-order valence-electron chi connectivity index (χ2n) is 7.94. The predicted octanol–water partition coefficient (Wildman–Crippen LogP) is 3.04. The minimum Gasteiger partial charge on any atom is -0.342 e. The number of hydrogen-bond acceptors (Lipinski definition) is 3. The monoisotopic (exact) mass is 356 g/mol. The van der Waals surface area contributed by atoms with E-state index in [2.05, 4.69) is 48.4 Å². The van der Waals surface area contributed by atoms with Crippen molar-refractivity contribution >= 4 is 16.9 Å². The van der Waals surface area contributed by atoms with E-state index in [0.717, 1.165) is 49.3 Å². The Morgan fingerprint density at radius 2 is 2.12 bits per heavy atom. The third kappa shape index (κ3) is 4.09. The van der Waals surface area contributed by atoms with E-state index in [1.807, 2.05) is 18.2 Å². The Balaban J connectivity index is 1.71. The van der Waals surface area contributed by atoms with Crippen LogP contribution in [0.3, 0.4) is 0 Å². The number of aryl methyl sites for hydroxylation is 1. The number of benzene rings is 1. The molecular formula is C21H32N4O. The van der Waals surface area contributed by atoms with Crippen LogP contribution in [-0.2, 0) is 17.8 Å². The highest BCUT2D eigenvalue weighted by molar-refractivity contribution is 5.79. The van der Waals surface area contributed by atoms with E-state index in [1.54, 1.807) is 0 Å². The highest BCUT2D eigenvalue weighted by atomic mass is 16.2. The number of para-hydroxylation sites is 2.